The molecule has 0 spiro atoms. The fourth-order valence-corrected chi connectivity index (χ4v) is 3.01. The Kier molecular flexibility index (Phi) is 3.97. The summed E-state index contributed by atoms with van der Waals surface area (Å²) in [6, 6.07) is 9.32. The lowest BCUT2D eigenvalue weighted by atomic mass is 10.2. The summed E-state index contributed by atoms with van der Waals surface area (Å²) < 4.78 is 14.6. The fraction of sp³-hybridized carbons (Fsp3) is 0.231. The molecule has 1 atom stereocenters. The van der Waals surface area contributed by atoms with Crippen molar-refractivity contribution in [3.05, 3.63) is 45.5 Å². The Hall–Kier alpha value is -0.710. The third-order valence-corrected chi connectivity index (χ3v) is 4.47. The highest BCUT2D eigenvalue weighted by molar-refractivity contribution is 9.10. The minimum Gasteiger partial charge on any atom is -0.313 e. The van der Waals surface area contributed by atoms with Crippen LogP contribution in [0.3, 0.4) is 0 Å². The Morgan fingerprint density at radius 3 is 2.76 bits per heavy atom. The van der Waals surface area contributed by atoms with Gasteiger partial charge in [-0.3, -0.25) is 0 Å². The second-order valence-electron chi connectivity index (χ2n) is 3.84. The fourth-order valence-electron chi connectivity index (χ4n) is 1.56. The molecular weight excluding hydrogens is 301 g/mol. The van der Waals surface area contributed by atoms with Crippen molar-refractivity contribution in [2.24, 2.45) is 0 Å². The van der Waals surface area contributed by atoms with Crippen LogP contribution in [0.15, 0.2) is 34.8 Å². The Bertz CT molecular complexity index is 524. The van der Waals surface area contributed by atoms with E-state index in [1.54, 1.807) is 17.4 Å². The predicted molar refractivity (Wildman–Crippen MR) is 74.9 cm³/mol. The highest BCUT2D eigenvalue weighted by Crippen LogP contribution is 2.34. The monoisotopic (exact) mass is 313 g/mol. The largest absolute Gasteiger partial charge is 0.313 e. The maximum Gasteiger partial charge on any atom is 0.131 e. The van der Waals surface area contributed by atoms with Gasteiger partial charge in [-0.05, 0) is 44.3 Å². The van der Waals surface area contributed by atoms with E-state index >= 15 is 0 Å². The summed E-state index contributed by atoms with van der Waals surface area (Å²) >= 11 is 4.99. The van der Waals surface area contributed by atoms with Crippen LogP contribution in [-0.4, -0.2) is 7.05 Å². The van der Waals surface area contributed by atoms with E-state index in [-0.39, 0.29) is 5.82 Å². The van der Waals surface area contributed by atoms with Crippen LogP contribution in [0.5, 0.6) is 0 Å². The molecule has 90 valence electrons. The molecule has 0 aliphatic carbocycles. The number of rotatable bonds is 3. The van der Waals surface area contributed by atoms with Crippen molar-refractivity contribution < 1.29 is 4.39 Å². The van der Waals surface area contributed by atoms with Gasteiger partial charge in [0.1, 0.15) is 5.82 Å². The zero-order chi connectivity index (χ0) is 12.4. The molecule has 1 aromatic carbocycles. The summed E-state index contributed by atoms with van der Waals surface area (Å²) in [4.78, 5) is 2.17. The first-order valence-corrected chi connectivity index (χ1v) is 6.95. The molecule has 0 bridgehead atoms. The molecule has 2 aromatic rings. The maximum absolute atomic E-state index is 13.7. The third-order valence-electron chi connectivity index (χ3n) is 2.68. The topological polar surface area (TPSA) is 12.0 Å². The van der Waals surface area contributed by atoms with Crippen LogP contribution in [-0.2, 0) is 0 Å². The molecule has 0 amide bonds. The van der Waals surface area contributed by atoms with Gasteiger partial charge in [0.15, 0.2) is 0 Å². The molecule has 1 nitrogen and oxygen atoms in total. The number of halogens is 2. The standard InChI is InChI=1S/C13H13BrFNS/c1-8(16-2)12-5-6-13(17-12)10-7-9(14)3-4-11(10)15/h3-8,16H,1-2H3. The van der Waals surface area contributed by atoms with Crippen molar-refractivity contribution in [2.75, 3.05) is 7.05 Å². The lowest BCUT2D eigenvalue weighted by molar-refractivity contribution is 0.631. The van der Waals surface area contributed by atoms with E-state index in [0.717, 1.165) is 9.35 Å². The number of nitrogens with one attached hydrogen (secondary N) is 1. The second kappa shape index (κ2) is 5.29. The van der Waals surface area contributed by atoms with E-state index < -0.39 is 0 Å². The molecule has 4 heteroatoms. The molecule has 1 unspecified atom stereocenters. The number of benzene rings is 1. The smallest absolute Gasteiger partial charge is 0.131 e. The minimum atomic E-state index is -0.182. The van der Waals surface area contributed by atoms with Gasteiger partial charge in [0.25, 0.3) is 0 Å². The molecule has 0 fully saturated rings. The van der Waals surface area contributed by atoms with E-state index in [4.69, 9.17) is 0 Å². The van der Waals surface area contributed by atoms with E-state index in [1.807, 2.05) is 25.2 Å². The quantitative estimate of drug-likeness (QED) is 0.873. The van der Waals surface area contributed by atoms with Crippen LogP contribution in [0.1, 0.15) is 17.8 Å². The molecule has 0 saturated carbocycles. The Morgan fingerprint density at radius 2 is 2.06 bits per heavy atom. The van der Waals surface area contributed by atoms with Crippen molar-refractivity contribution in [3.8, 4) is 10.4 Å². The Balaban J connectivity index is 2.40. The highest BCUT2D eigenvalue weighted by atomic mass is 79.9. The summed E-state index contributed by atoms with van der Waals surface area (Å²) in [5.41, 5.74) is 0.652. The zero-order valence-corrected chi connectivity index (χ0v) is 12.0. The van der Waals surface area contributed by atoms with Gasteiger partial charge in [0.2, 0.25) is 0 Å². The van der Waals surface area contributed by atoms with Crippen molar-refractivity contribution in [2.45, 2.75) is 13.0 Å². The minimum absolute atomic E-state index is 0.182. The van der Waals surface area contributed by atoms with Crippen molar-refractivity contribution in [3.63, 3.8) is 0 Å². The molecule has 1 heterocycles. The first-order valence-electron chi connectivity index (χ1n) is 5.34. The van der Waals surface area contributed by atoms with Crippen molar-refractivity contribution in [1.82, 2.24) is 5.32 Å². The van der Waals surface area contributed by atoms with Gasteiger partial charge >= 0.3 is 0 Å². The van der Waals surface area contributed by atoms with Crippen LogP contribution in [0, 0.1) is 5.82 Å². The van der Waals surface area contributed by atoms with E-state index in [1.165, 1.54) is 10.9 Å². The van der Waals surface area contributed by atoms with Crippen LogP contribution >= 0.6 is 27.3 Å². The molecule has 2 rings (SSSR count). The summed E-state index contributed by atoms with van der Waals surface area (Å²) in [5, 5.41) is 3.18. The van der Waals surface area contributed by atoms with Crippen LogP contribution < -0.4 is 5.32 Å². The molecule has 17 heavy (non-hydrogen) atoms. The zero-order valence-electron chi connectivity index (χ0n) is 9.63. The normalized spacial score (nSPS) is 12.7. The average Bonchev–Trinajstić information content (AvgIpc) is 2.80. The summed E-state index contributed by atoms with van der Waals surface area (Å²) in [6.07, 6.45) is 0. The molecule has 1 N–H and O–H groups in total. The number of thiophene rings is 1. The average molecular weight is 314 g/mol. The van der Waals surface area contributed by atoms with Crippen molar-refractivity contribution in [1.29, 1.82) is 0 Å². The molecule has 0 aliphatic rings. The SMILES string of the molecule is CNC(C)c1ccc(-c2cc(Br)ccc2F)s1. The van der Waals surface area contributed by atoms with Gasteiger partial charge in [0, 0.05) is 25.8 Å². The Morgan fingerprint density at radius 1 is 1.29 bits per heavy atom. The molecular formula is C13H13BrFNS. The van der Waals surface area contributed by atoms with Gasteiger partial charge in [-0.1, -0.05) is 15.9 Å². The lowest BCUT2D eigenvalue weighted by Gasteiger charge is -2.06. The Labute approximate surface area is 113 Å². The molecule has 1 aromatic heterocycles. The summed E-state index contributed by atoms with van der Waals surface area (Å²) in [7, 11) is 1.92. The number of hydrogen-bond donors (Lipinski definition) is 1. The molecule has 0 aliphatic heterocycles. The molecule has 0 radical (unpaired) electrons. The van der Waals surface area contributed by atoms with Gasteiger partial charge in [0.05, 0.1) is 0 Å². The number of hydrogen-bond acceptors (Lipinski definition) is 2. The maximum atomic E-state index is 13.7. The predicted octanol–water partition coefficient (Wildman–Crippen LogP) is 4.60. The van der Waals surface area contributed by atoms with E-state index in [0.29, 0.717) is 11.6 Å². The summed E-state index contributed by atoms with van der Waals surface area (Å²) in [6.45, 7) is 2.09. The van der Waals surface area contributed by atoms with Crippen molar-refractivity contribution >= 4 is 27.3 Å². The van der Waals surface area contributed by atoms with Gasteiger partial charge in [-0.2, -0.15) is 0 Å². The van der Waals surface area contributed by atoms with Gasteiger partial charge < -0.3 is 5.32 Å². The van der Waals surface area contributed by atoms with Crippen LogP contribution in [0.25, 0.3) is 10.4 Å². The van der Waals surface area contributed by atoms with Crippen LogP contribution in [0.4, 0.5) is 4.39 Å². The summed E-state index contributed by atoms with van der Waals surface area (Å²) in [5.74, 6) is -0.182. The first kappa shape index (κ1) is 12.7. The lowest BCUT2D eigenvalue weighted by Crippen LogP contribution is -2.10. The van der Waals surface area contributed by atoms with E-state index in [2.05, 4.69) is 28.2 Å². The first-order chi connectivity index (χ1) is 8.11. The molecule has 0 saturated heterocycles. The van der Waals surface area contributed by atoms with Gasteiger partial charge in [-0.25, -0.2) is 4.39 Å². The van der Waals surface area contributed by atoms with Gasteiger partial charge in [-0.15, -0.1) is 11.3 Å². The third kappa shape index (κ3) is 2.76. The highest BCUT2D eigenvalue weighted by Gasteiger charge is 2.11. The second-order valence-corrected chi connectivity index (χ2v) is 5.87. The van der Waals surface area contributed by atoms with E-state index in [9.17, 15) is 4.39 Å². The van der Waals surface area contributed by atoms with Crippen LogP contribution in [0.2, 0.25) is 0 Å².